The molecule has 1 aliphatic heterocycles. The third-order valence-electron chi connectivity index (χ3n) is 5.46. The second-order valence-electron chi connectivity index (χ2n) is 7.18. The summed E-state index contributed by atoms with van der Waals surface area (Å²) >= 11 is 0. The predicted octanol–water partition coefficient (Wildman–Crippen LogP) is 2.96. The van der Waals surface area contributed by atoms with Crippen molar-refractivity contribution in [2.75, 3.05) is 26.2 Å². The first-order valence-corrected chi connectivity index (χ1v) is 10.7. The molecule has 1 aliphatic carbocycles. The largest absolute Gasteiger partial charge is 0.296 e. The third kappa shape index (κ3) is 3.63. The standard InChI is InChI=1S/C20H22F2N2O2S/c21-19-6-2-5-17(20(19)22)14-23-9-11-24(12-10-23)27(25,26)18-8-7-15-3-1-4-16(15)13-18/h2,5-8,13H,1,3-4,9-12,14H2. The van der Waals surface area contributed by atoms with Gasteiger partial charge in [-0.3, -0.25) is 4.90 Å². The fraction of sp³-hybridized carbons (Fsp3) is 0.400. The summed E-state index contributed by atoms with van der Waals surface area (Å²) in [5.41, 5.74) is 2.68. The molecule has 4 rings (SSSR count). The quantitative estimate of drug-likeness (QED) is 0.803. The lowest BCUT2D eigenvalue weighted by atomic mass is 10.1. The Bertz CT molecular complexity index is 954. The van der Waals surface area contributed by atoms with Gasteiger partial charge in [0.1, 0.15) is 0 Å². The lowest BCUT2D eigenvalue weighted by Crippen LogP contribution is -2.48. The number of benzene rings is 2. The summed E-state index contributed by atoms with van der Waals surface area (Å²) in [6.45, 7) is 1.93. The van der Waals surface area contributed by atoms with E-state index in [-0.39, 0.29) is 6.54 Å². The smallest absolute Gasteiger partial charge is 0.243 e. The van der Waals surface area contributed by atoms with Crippen molar-refractivity contribution in [2.45, 2.75) is 30.7 Å². The molecule has 0 atom stereocenters. The van der Waals surface area contributed by atoms with Crippen LogP contribution < -0.4 is 0 Å². The van der Waals surface area contributed by atoms with Gasteiger partial charge in [-0.1, -0.05) is 18.2 Å². The number of hydrogen-bond donors (Lipinski definition) is 0. The summed E-state index contributed by atoms with van der Waals surface area (Å²) in [6.07, 6.45) is 3.03. The minimum atomic E-state index is -3.52. The number of piperazine rings is 1. The molecule has 0 spiro atoms. The molecule has 0 bridgehead atoms. The Hall–Kier alpha value is -1.83. The van der Waals surface area contributed by atoms with Crippen LogP contribution in [0.1, 0.15) is 23.1 Å². The highest BCUT2D eigenvalue weighted by molar-refractivity contribution is 7.89. The average molecular weight is 392 g/mol. The van der Waals surface area contributed by atoms with Crippen molar-refractivity contribution in [1.29, 1.82) is 0 Å². The van der Waals surface area contributed by atoms with E-state index in [2.05, 4.69) is 0 Å². The van der Waals surface area contributed by atoms with Gasteiger partial charge in [-0.25, -0.2) is 17.2 Å². The molecule has 0 unspecified atom stereocenters. The van der Waals surface area contributed by atoms with E-state index in [9.17, 15) is 17.2 Å². The molecular weight excluding hydrogens is 370 g/mol. The van der Waals surface area contributed by atoms with Gasteiger partial charge >= 0.3 is 0 Å². The fourth-order valence-electron chi connectivity index (χ4n) is 3.90. The van der Waals surface area contributed by atoms with Gasteiger partial charge in [-0.2, -0.15) is 4.31 Å². The molecule has 144 valence electrons. The minimum Gasteiger partial charge on any atom is -0.296 e. The summed E-state index contributed by atoms with van der Waals surface area (Å²) in [5.74, 6) is -1.68. The summed E-state index contributed by atoms with van der Waals surface area (Å²) in [4.78, 5) is 2.31. The number of nitrogens with zero attached hydrogens (tertiary/aromatic N) is 2. The molecule has 0 N–H and O–H groups in total. The molecule has 27 heavy (non-hydrogen) atoms. The van der Waals surface area contributed by atoms with Crippen molar-refractivity contribution in [3.05, 3.63) is 64.7 Å². The number of fused-ring (bicyclic) bond motifs is 1. The summed E-state index contributed by atoms with van der Waals surface area (Å²) < 4.78 is 54.6. The van der Waals surface area contributed by atoms with Gasteiger partial charge in [0.15, 0.2) is 11.6 Å². The minimum absolute atomic E-state index is 0.274. The van der Waals surface area contributed by atoms with E-state index in [1.807, 2.05) is 17.0 Å². The van der Waals surface area contributed by atoms with E-state index >= 15 is 0 Å². The van der Waals surface area contributed by atoms with Crippen molar-refractivity contribution in [3.63, 3.8) is 0 Å². The molecule has 2 aromatic carbocycles. The van der Waals surface area contributed by atoms with E-state index in [1.165, 1.54) is 15.9 Å². The van der Waals surface area contributed by atoms with Crippen LogP contribution in [0, 0.1) is 11.6 Å². The Morgan fingerprint density at radius 2 is 1.67 bits per heavy atom. The normalized spacial score (nSPS) is 18.6. The molecule has 7 heteroatoms. The molecule has 4 nitrogen and oxygen atoms in total. The Labute approximate surface area is 158 Å². The zero-order valence-corrected chi connectivity index (χ0v) is 15.8. The second-order valence-corrected chi connectivity index (χ2v) is 9.12. The lowest BCUT2D eigenvalue weighted by molar-refractivity contribution is 0.179. The molecule has 2 aliphatic rings. The molecule has 0 saturated carbocycles. The van der Waals surface area contributed by atoms with Crippen LogP contribution >= 0.6 is 0 Å². The van der Waals surface area contributed by atoms with Gasteiger partial charge in [0.25, 0.3) is 0 Å². The van der Waals surface area contributed by atoms with E-state index in [0.29, 0.717) is 36.6 Å². The highest BCUT2D eigenvalue weighted by Crippen LogP contribution is 2.27. The molecular formula is C20H22F2N2O2S. The van der Waals surface area contributed by atoms with Crippen LogP contribution in [0.4, 0.5) is 8.78 Å². The van der Waals surface area contributed by atoms with Crippen molar-refractivity contribution >= 4 is 10.0 Å². The summed E-state index contributed by atoms with van der Waals surface area (Å²) in [5, 5.41) is 0. The Balaban J connectivity index is 1.43. The highest BCUT2D eigenvalue weighted by Gasteiger charge is 2.29. The first kappa shape index (κ1) is 18.5. The molecule has 0 radical (unpaired) electrons. The first-order chi connectivity index (χ1) is 12.9. The van der Waals surface area contributed by atoms with Crippen LogP contribution in [0.3, 0.4) is 0 Å². The molecule has 1 heterocycles. The number of hydrogen-bond acceptors (Lipinski definition) is 3. The first-order valence-electron chi connectivity index (χ1n) is 9.22. The zero-order chi connectivity index (χ0) is 19.0. The maximum atomic E-state index is 13.8. The Morgan fingerprint density at radius 3 is 2.44 bits per heavy atom. The van der Waals surface area contributed by atoms with Gasteiger partial charge in [0, 0.05) is 38.3 Å². The molecule has 2 aromatic rings. The number of sulfonamides is 1. The number of aryl methyl sites for hydroxylation is 2. The third-order valence-corrected chi connectivity index (χ3v) is 7.36. The van der Waals surface area contributed by atoms with Crippen LogP contribution in [-0.2, 0) is 29.4 Å². The van der Waals surface area contributed by atoms with Crippen molar-refractivity contribution < 1.29 is 17.2 Å². The zero-order valence-electron chi connectivity index (χ0n) is 15.0. The second kappa shape index (κ2) is 7.30. The van der Waals surface area contributed by atoms with Gasteiger partial charge in [-0.15, -0.1) is 0 Å². The van der Waals surface area contributed by atoms with Crippen LogP contribution in [0.5, 0.6) is 0 Å². The van der Waals surface area contributed by atoms with Crippen LogP contribution in [0.15, 0.2) is 41.3 Å². The Kier molecular flexibility index (Phi) is 5.01. The van der Waals surface area contributed by atoms with Crippen LogP contribution in [0.2, 0.25) is 0 Å². The molecule has 0 amide bonds. The Morgan fingerprint density at radius 1 is 0.926 bits per heavy atom. The number of halogens is 2. The van der Waals surface area contributed by atoms with Crippen LogP contribution in [0.25, 0.3) is 0 Å². The summed E-state index contributed by atoms with van der Waals surface area (Å²) in [7, 11) is -3.52. The summed E-state index contributed by atoms with van der Waals surface area (Å²) in [6, 6.07) is 9.59. The van der Waals surface area contributed by atoms with E-state index in [4.69, 9.17) is 0 Å². The van der Waals surface area contributed by atoms with Gasteiger partial charge in [-0.05, 0) is 48.6 Å². The van der Waals surface area contributed by atoms with E-state index in [1.54, 1.807) is 12.1 Å². The maximum absolute atomic E-state index is 13.8. The fourth-order valence-corrected chi connectivity index (χ4v) is 5.37. The van der Waals surface area contributed by atoms with E-state index < -0.39 is 21.7 Å². The molecule has 1 fully saturated rings. The van der Waals surface area contributed by atoms with E-state index in [0.717, 1.165) is 30.9 Å². The van der Waals surface area contributed by atoms with Gasteiger partial charge in [0.05, 0.1) is 4.90 Å². The van der Waals surface area contributed by atoms with Crippen LogP contribution in [-0.4, -0.2) is 43.8 Å². The maximum Gasteiger partial charge on any atom is 0.243 e. The number of rotatable bonds is 4. The monoisotopic (exact) mass is 392 g/mol. The topological polar surface area (TPSA) is 40.6 Å². The molecule has 0 aromatic heterocycles. The SMILES string of the molecule is O=S(=O)(c1ccc2c(c1)CCC2)N1CCN(Cc2cccc(F)c2F)CC1. The highest BCUT2D eigenvalue weighted by atomic mass is 32.2. The van der Waals surface area contributed by atoms with Crippen molar-refractivity contribution in [1.82, 2.24) is 9.21 Å². The van der Waals surface area contributed by atoms with Gasteiger partial charge in [0.2, 0.25) is 10.0 Å². The average Bonchev–Trinajstić information content (AvgIpc) is 3.14. The van der Waals surface area contributed by atoms with Gasteiger partial charge < -0.3 is 0 Å². The van der Waals surface area contributed by atoms with Crippen molar-refractivity contribution in [3.8, 4) is 0 Å². The van der Waals surface area contributed by atoms with Crippen molar-refractivity contribution in [2.24, 2.45) is 0 Å². The molecule has 1 saturated heterocycles. The predicted molar refractivity (Wildman–Crippen MR) is 98.9 cm³/mol. The lowest BCUT2D eigenvalue weighted by Gasteiger charge is -2.34.